The van der Waals surface area contributed by atoms with E-state index in [2.05, 4.69) is 11.8 Å². The van der Waals surface area contributed by atoms with Crippen LogP contribution in [0.4, 0.5) is 0 Å². The number of carbonyl (C=O) groups excluding carboxylic acids is 1. The Bertz CT molecular complexity index is 1000. The fourth-order valence-corrected chi connectivity index (χ4v) is 4.66. The zero-order valence-electron chi connectivity index (χ0n) is 18.9. The first-order valence-electron chi connectivity index (χ1n) is 11.1. The molecule has 0 spiro atoms. The van der Waals surface area contributed by atoms with E-state index in [-0.39, 0.29) is 11.9 Å². The second-order valence-electron chi connectivity index (χ2n) is 8.55. The van der Waals surface area contributed by atoms with Crippen LogP contribution >= 0.6 is 11.6 Å². The molecular weight excluding hydrogens is 426 g/mol. The van der Waals surface area contributed by atoms with E-state index in [1.165, 1.54) is 0 Å². The standard InChI is InChI=1S/C25H30ClN3O3/c1-17-10-12-28(13-11-17)16-25(30)29-23(20-9-8-18(31-2)14-24(20)32-3)15-22(27-29)19-6-4-5-7-21(19)26/h4-9,14,17,23H,10-13,15-16H2,1-3H3. The van der Waals surface area contributed by atoms with Gasteiger partial charge in [-0.25, -0.2) is 5.01 Å². The Balaban J connectivity index is 1.65. The number of amides is 1. The molecule has 1 fully saturated rings. The van der Waals surface area contributed by atoms with Gasteiger partial charge in [-0.2, -0.15) is 5.10 Å². The van der Waals surface area contributed by atoms with Crippen molar-refractivity contribution in [2.75, 3.05) is 33.9 Å². The maximum Gasteiger partial charge on any atom is 0.257 e. The van der Waals surface area contributed by atoms with Gasteiger partial charge in [-0.05, 0) is 50.0 Å². The first-order valence-corrected chi connectivity index (χ1v) is 11.5. The number of halogens is 1. The molecule has 0 bridgehead atoms. The molecule has 2 aromatic rings. The SMILES string of the molecule is COc1ccc(C2CC(c3ccccc3Cl)=NN2C(=O)CN2CCC(C)CC2)c(OC)c1. The molecule has 1 amide bonds. The molecule has 170 valence electrons. The highest BCUT2D eigenvalue weighted by Gasteiger charge is 2.36. The van der Waals surface area contributed by atoms with Gasteiger partial charge >= 0.3 is 0 Å². The molecule has 0 saturated carbocycles. The van der Waals surface area contributed by atoms with Gasteiger partial charge in [0.1, 0.15) is 11.5 Å². The summed E-state index contributed by atoms with van der Waals surface area (Å²) in [6.45, 7) is 4.52. The van der Waals surface area contributed by atoms with Gasteiger partial charge in [-0.3, -0.25) is 9.69 Å². The number of carbonyl (C=O) groups is 1. The molecule has 0 N–H and O–H groups in total. The summed E-state index contributed by atoms with van der Waals surface area (Å²) in [5.74, 6) is 2.09. The number of rotatable bonds is 6. The van der Waals surface area contributed by atoms with Gasteiger partial charge in [0.25, 0.3) is 5.91 Å². The van der Waals surface area contributed by atoms with E-state index in [1.807, 2.05) is 42.5 Å². The van der Waals surface area contributed by atoms with E-state index in [4.69, 9.17) is 26.2 Å². The molecule has 7 heteroatoms. The summed E-state index contributed by atoms with van der Waals surface area (Å²) >= 11 is 6.46. The monoisotopic (exact) mass is 455 g/mol. The summed E-state index contributed by atoms with van der Waals surface area (Å²) in [5.41, 5.74) is 2.56. The summed E-state index contributed by atoms with van der Waals surface area (Å²) < 4.78 is 11.0. The Morgan fingerprint density at radius 2 is 1.88 bits per heavy atom. The van der Waals surface area contributed by atoms with Crippen LogP contribution in [0.1, 0.15) is 43.4 Å². The highest BCUT2D eigenvalue weighted by molar-refractivity contribution is 6.34. The van der Waals surface area contributed by atoms with Crippen LogP contribution in [0, 0.1) is 5.92 Å². The zero-order chi connectivity index (χ0) is 22.7. The minimum Gasteiger partial charge on any atom is -0.497 e. The number of methoxy groups -OCH3 is 2. The largest absolute Gasteiger partial charge is 0.497 e. The molecule has 1 unspecified atom stereocenters. The number of ether oxygens (including phenoxy) is 2. The third-order valence-corrected chi connectivity index (χ3v) is 6.72. The highest BCUT2D eigenvalue weighted by atomic mass is 35.5. The lowest BCUT2D eigenvalue weighted by Gasteiger charge is -2.31. The summed E-state index contributed by atoms with van der Waals surface area (Å²) in [6.07, 6.45) is 2.81. The minimum absolute atomic E-state index is 0.00974. The summed E-state index contributed by atoms with van der Waals surface area (Å²) in [4.78, 5) is 15.7. The Kier molecular flexibility index (Phi) is 7.01. The predicted octanol–water partition coefficient (Wildman–Crippen LogP) is 4.77. The number of hydrogen-bond donors (Lipinski definition) is 0. The molecule has 2 heterocycles. The Morgan fingerprint density at radius 3 is 2.56 bits per heavy atom. The van der Waals surface area contributed by atoms with Crippen LogP contribution in [0.3, 0.4) is 0 Å². The summed E-state index contributed by atoms with van der Waals surface area (Å²) in [6, 6.07) is 13.1. The maximum absolute atomic E-state index is 13.4. The van der Waals surface area contributed by atoms with Crippen LogP contribution in [-0.2, 0) is 4.79 Å². The van der Waals surface area contributed by atoms with Crippen molar-refractivity contribution in [3.63, 3.8) is 0 Å². The van der Waals surface area contributed by atoms with Gasteiger partial charge < -0.3 is 9.47 Å². The van der Waals surface area contributed by atoms with Gasteiger partial charge in [0.15, 0.2) is 0 Å². The van der Waals surface area contributed by atoms with Crippen molar-refractivity contribution in [2.45, 2.75) is 32.2 Å². The molecule has 2 aliphatic rings. The number of benzene rings is 2. The van der Waals surface area contributed by atoms with Crippen LogP contribution in [0.2, 0.25) is 5.02 Å². The second kappa shape index (κ2) is 9.92. The normalized spacial score (nSPS) is 19.7. The third kappa shape index (κ3) is 4.76. The van der Waals surface area contributed by atoms with Crippen molar-refractivity contribution in [1.29, 1.82) is 0 Å². The molecule has 0 aliphatic carbocycles. The number of likely N-dealkylation sites (tertiary alicyclic amines) is 1. The van der Waals surface area contributed by atoms with Gasteiger partial charge in [0.05, 0.1) is 32.5 Å². The lowest BCUT2D eigenvalue weighted by Crippen LogP contribution is -2.41. The molecule has 2 aromatic carbocycles. The van der Waals surface area contributed by atoms with E-state index in [1.54, 1.807) is 19.2 Å². The molecule has 1 saturated heterocycles. The maximum atomic E-state index is 13.4. The summed E-state index contributed by atoms with van der Waals surface area (Å²) in [5, 5.41) is 7.03. The lowest BCUT2D eigenvalue weighted by atomic mass is 9.97. The van der Waals surface area contributed by atoms with Gasteiger partial charge in [0.2, 0.25) is 0 Å². The van der Waals surface area contributed by atoms with E-state index in [9.17, 15) is 4.79 Å². The highest BCUT2D eigenvalue weighted by Crippen LogP contribution is 2.40. The molecule has 32 heavy (non-hydrogen) atoms. The van der Waals surface area contributed by atoms with Crippen molar-refractivity contribution < 1.29 is 14.3 Å². The third-order valence-electron chi connectivity index (χ3n) is 6.39. The lowest BCUT2D eigenvalue weighted by molar-refractivity contribution is -0.134. The zero-order valence-corrected chi connectivity index (χ0v) is 19.6. The van der Waals surface area contributed by atoms with Crippen molar-refractivity contribution >= 4 is 23.2 Å². The van der Waals surface area contributed by atoms with E-state index >= 15 is 0 Å². The van der Waals surface area contributed by atoms with Crippen molar-refractivity contribution in [1.82, 2.24) is 9.91 Å². The van der Waals surface area contributed by atoms with Gasteiger partial charge in [-0.1, -0.05) is 36.7 Å². The predicted molar refractivity (Wildman–Crippen MR) is 127 cm³/mol. The first kappa shape index (κ1) is 22.6. The topological polar surface area (TPSA) is 54.4 Å². The van der Waals surface area contributed by atoms with Crippen molar-refractivity contribution in [3.05, 3.63) is 58.6 Å². The average molecular weight is 456 g/mol. The van der Waals surface area contributed by atoms with Crippen molar-refractivity contribution in [3.8, 4) is 11.5 Å². The van der Waals surface area contributed by atoms with E-state index in [0.29, 0.717) is 35.4 Å². The van der Waals surface area contributed by atoms with Crippen LogP contribution < -0.4 is 9.47 Å². The van der Waals surface area contributed by atoms with Crippen LogP contribution in [0.5, 0.6) is 11.5 Å². The fraction of sp³-hybridized carbons (Fsp3) is 0.440. The van der Waals surface area contributed by atoms with Crippen molar-refractivity contribution in [2.24, 2.45) is 11.0 Å². The van der Waals surface area contributed by atoms with Crippen LogP contribution in [0.15, 0.2) is 47.6 Å². The average Bonchev–Trinajstić information content (AvgIpc) is 3.25. The van der Waals surface area contributed by atoms with E-state index in [0.717, 1.165) is 42.8 Å². The van der Waals surface area contributed by atoms with Crippen LogP contribution in [-0.4, -0.2) is 55.4 Å². The fourth-order valence-electron chi connectivity index (χ4n) is 4.42. The molecular formula is C25H30ClN3O3. The van der Waals surface area contributed by atoms with Gasteiger partial charge in [0, 0.05) is 28.6 Å². The summed E-state index contributed by atoms with van der Waals surface area (Å²) in [7, 11) is 3.25. The molecule has 2 aliphatic heterocycles. The van der Waals surface area contributed by atoms with E-state index < -0.39 is 0 Å². The first-order chi connectivity index (χ1) is 15.5. The number of hydrazone groups is 1. The Hall–Kier alpha value is -2.57. The molecule has 0 aromatic heterocycles. The van der Waals surface area contributed by atoms with Gasteiger partial charge in [-0.15, -0.1) is 0 Å². The molecule has 1 atom stereocenters. The molecule has 6 nitrogen and oxygen atoms in total. The molecule has 4 rings (SSSR count). The Morgan fingerprint density at radius 1 is 1.12 bits per heavy atom. The smallest absolute Gasteiger partial charge is 0.257 e. The minimum atomic E-state index is -0.265. The Labute approximate surface area is 194 Å². The number of nitrogens with zero attached hydrogens (tertiary/aromatic N) is 3. The number of piperidine rings is 1. The molecule has 0 radical (unpaired) electrons. The second-order valence-corrected chi connectivity index (χ2v) is 8.96. The number of hydrogen-bond acceptors (Lipinski definition) is 5. The van der Waals surface area contributed by atoms with Crippen LogP contribution in [0.25, 0.3) is 0 Å². The quantitative estimate of drug-likeness (QED) is 0.629.